The number of hydrogen-bond donors (Lipinski definition) is 1. The van der Waals surface area contributed by atoms with Crippen molar-refractivity contribution in [3.8, 4) is 0 Å². The van der Waals surface area contributed by atoms with Crippen LogP contribution in [0.25, 0.3) is 10.8 Å². The van der Waals surface area contributed by atoms with Gasteiger partial charge in [0.15, 0.2) is 0 Å². The molecule has 5 nitrogen and oxygen atoms in total. The minimum Gasteiger partial charge on any atom is -0.337 e. The number of thioether (sulfide) groups is 1. The second-order valence-corrected chi connectivity index (χ2v) is 10.4. The number of hydrogen-bond acceptors (Lipinski definition) is 4. The molecular weight excluding hydrogens is 428 g/mol. The summed E-state index contributed by atoms with van der Waals surface area (Å²) >= 11 is 1.60. The van der Waals surface area contributed by atoms with Gasteiger partial charge in [0, 0.05) is 13.1 Å². The topological polar surface area (TPSA) is 66.5 Å². The highest BCUT2D eigenvalue weighted by atomic mass is 32.2. The summed E-state index contributed by atoms with van der Waals surface area (Å²) in [6.07, 6.45) is 3.19. The number of fused-ring (bicyclic) bond motifs is 2. The Morgan fingerprint density at radius 1 is 1.03 bits per heavy atom. The summed E-state index contributed by atoms with van der Waals surface area (Å²) in [5.41, 5.74) is 2.38. The number of carbonyl (C=O) groups excluding carboxylic acids is 1. The Labute approximate surface area is 187 Å². The lowest BCUT2D eigenvalue weighted by molar-refractivity contribution is -0.134. The van der Waals surface area contributed by atoms with Crippen LogP contribution in [0.2, 0.25) is 0 Å². The molecule has 0 radical (unpaired) electrons. The van der Waals surface area contributed by atoms with E-state index in [-0.39, 0.29) is 10.8 Å². The van der Waals surface area contributed by atoms with E-state index >= 15 is 0 Å². The first kappa shape index (κ1) is 21.9. The Morgan fingerprint density at radius 2 is 1.74 bits per heavy atom. The van der Waals surface area contributed by atoms with Gasteiger partial charge in [0.2, 0.25) is 15.9 Å². The van der Waals surface area contributed by atoms with E-state index in [0.29, 0.717) is 25.3 Å². The van der Waals surface area contributed by atoms with Crippen LogP contribution in [-0.2, 0) is 27.8 Å². The summed E-state index contributed by atoms with van der Waals surface area (Å²) in [6.45, 7) is 1.12. The normalized spacial score (nSPS) is 14.9. The predicted octanol–water partition coefficient (Wildman–Crippen LogP) is 3.82. The lowest BCUT2D eigenvalue weighted by Crippen LogP contribution is -2.50. The van der Waals surface area contributed by atoms with Crippen LogP contribution < -0.4 is 4.72 Å². The molecule has 0 saturated heterocycles. The van der Waals surface area contributed by atoms with Gasteiger partial charge < -0.3 is 4.90 Å². The molecule has 1 atom stereocenters. The van der Waals surface area contributed by atoms with Gasteiger partial charge >= 0.3 is 0 Å². The molecule has 1 N–H and O–H groups in total. The highest BCUT2D eigenvalue weighted by Crippen LogP contribution is 2.22. The molecule has 0 saturated carbocycles. The second-order valence-electron chi connectivity index (χ2n) is 7.74. The maximum absolute atomic E-state index is 13.3. The van der Waals surface area contributed by atoms with Crippen LogP contribution in [0, 0.1) is 0 Å². The van der Waals surface area contributed by atoms with Crippen LogP contribution in [-0.4, -0.2) is 43.8 Å². The molecule has 0 fully saturated rings. The molecule has 0 aliphatic carbocycles. The number of carbonyl (C=O) groups is 1. The Hall–Kier alpha value is -2.35. The summed E-state index contributed by atoms with van der Waals surface area (Å²) in [5, 5.41) is 1.83. The third kappa shape index (κ3) is 4.95. The minimum absolute atomic E-state index is 0.159. The number of benzene rings is 3. The molecule has 1 unspecified atom stereocenters. The Morgan fingerprint density at radius 3 is 2.52 bits per heavy atom. The molecule has 1 heterocycles. The molecule has 1 aliphatic rings. The second kappa shape index (κ2) is 9.42. The first-order valence-electron chi connectivity index (χ1n) is 10.3. The fourth-order valence-electron chi connectivity index (χ4n) is 3.96. The SMILES string of the molecule is CSCCC(NS(=O)(=O)c1ccc2ccccc2c1)C(=O)N1CCc2ccccc2C1. The molecule has 3 aromatic carbocycles. The number of nitrogens with one attached hydrogen (secondary N) is 1. The van der Waals surface area contributed by atoms with Crippen LogP contribution in [0.5, 0.6) is 0 Å². The van der Waals surface area contributed by atoms with Crippen LogP contribution in [0.3, 0.4) is 0 Å². The van der Waals surface area contributed by atoms with E-state index < -0.39 is 16.1 Å². The van der Waals surface area contributed by atoms with Gasteiger partial charge in [-0.2, -0.15) is 16.5 Å². The Bertz CT molecular complexity index is 1190. The monoisotopic (exact) mass is 454 g/mol. The van der Waals surface area contributed by atoms with Crippen LogP contribution in [0.15, 0.2) is 71.6 Å². The van der Waals surface area contributed by atoms with Gasteiger partial charge in [0.25, 0.3) is 0 Å². The van der Waals surface area contributed by atoms with Crippen LogP contribution in [0.1, 0.15) is 17.5 Å². The summed E-state index contributed by atoms with van der Waals surface area (Å²) < 4.78 is 29.0. The molecule has 3 aromatic rings. The minimum atomic E-state index is -3.83. The third-order valence-corrected chi connectivity index (χ3v) is 7.79. The summed E-state index contributed by atoms with van der Waals surface area (Å²) in [4.78, 5) is 15.3. The number of nitrogens with zero attached hydrogens (tertiary/aromatic N) is 1. The Balaban J connectivity index is 1.56. The third-order valence-electron chi connectivity index (χ3n) is 5.68. The van der Waals surface area contributed by atoms with Crippen molar-refractivity contribution >= 4 is 38.5 Å². The van der Waals surface area contributed by atoms with Gasteiger partial charge in [-0.1, -0.05) is 54.6 Å². The van der Waals surface area contributed by atoms with Gasteiger partial charge in [-0.3, -0.25) is 4.79 Å². The van der Waals surface area contributed by atoms with Crippen molar-refractivity contribution in [3.05, 3.63) is 77.9 Å². The maximum Gasteiger partial charge on any atom is 0.241 e. The standard InChI is InChI=1S/C24H26N2O3S2/c1-30-15-13-23(24(27)26-14-12-19-7-3-5-9-21(19)17-26)25-31(28,29)22-11-10-18-6-2-4-8-20(18)16-22/h2-11,16,23,25H,12-15,17H2,1H3. The average Bonchev–Trinajstić information content (AvgIpc) is 2.80. The molecule has 162 valence electrons. The van der Waals surface area contributed by atoms with E-state index in [9.17, 15) is 13.2 Å². The van der Waals surface area contributed by atoms with E-state index in [1.807, 2.05) is 48.7 Å². The zero-order valence-corrected chi connectivity index (χ0v) is 19.1. The average molecular weight is 455 g/mol. The van der Waals surface area contributed by atoms with Crippen molar-refractivity contribution in [1.29, 1.82) is 0 Å². The van der Waals surface area contributed by atoms with Crippen molar-refractivity contribution in [2.75, 3.05) is 18.6 Å². The molecule has 1 amide bonds. The maximum atomic E-state index is 13.3. The van der Waals surface area contributed by atoms with Gasteiger partial charge in [0.05, 0.1) is 4.90 Å². The van der Waals surface area contributed by atoms with Gasteiger partial charge in [-0.15, -0.1) is 0 Å². The van der Waals surface area contributed by atoms with Crippen LogP contribution >= 0.6 is 11.8 Å². The zero-order chi connectivity index (χ0) is 21.8. The zero-order valence-electron chi connectivity index (χ0n) is 17.5. The smallest absolute Gasteiger partial charge is 0.241 e. The van der Waals surface area contributed by atoms with E-state index in [4.69, 9.17) is 0 Å². The molecule has 0 bridgehead atoms. The van der Waals surface area contributed by atoms with Gasteiger partial charge in [-0.25, -0.2) is 8.42 Å². The molecule has 4 rings (SSSR count). The van der Waals surface area contributed by atoms with E-state index in [1.54, 1.807) is 34.9 Å². The first-order chi connectivity index (χ1) is 15.0. The van der Waals surface area contributed by atoms with E-state index in [0.717, 1.165) is 22.8 Å². The van der Waals surface area contributed by atoms with Crippen molar-refractivity contribution in [1.82, 2.24) is 9.62 Å². The van der Waals surface area contributed by atoms with E-state index in [1.165, 1.54) is 5.56 Å². The lowest BCUT2D eigenvalue weighted by Gasteiger charge is -2.32. The number of rotatable bonds is 7. The fourth-order valence-corrected chi connectivity index (χ4v) is 5.69. The fraction of sp³-hybridized carbons (Fsp3) is 0.292. The summed E-state index contributed by atoms with van der Waals surface area (Å²) in [6, 6.07) is 20.0. The molecule has 0 aromatic heterocycles. The molecule has 0 spiro atoms. The van der Waals surface area contributed by atoms with Gasteiger partial charge in [0.1, 0.15) is 6.04 Å². The quantitative estimate of drug-likeness (QED) is 0.589. The van der Waals surface area contributed by atoms with Gasteiger partial charge in [-0.05, 0) is 58.9 Å². The van der Waals surface area contributed by atoms with Crippen molar-refractivity contribution in [2.45, 2.75) is 30.3 Å². The largest absolute Gasteiger partial charge is 0.337 e. The first-order valence-corrected chi connectivity index (χ1v) is 13.2. The highest BCUT2D eigenvalue weighted by molar-refractivity contribution is 7.98. The predicted molar refractivity (Wildman–Crippen MR) is 127 cm³/mol. The van der Waals surface area contributed by atoms with Crippen molar-refractivity contribution in [3.63, 3.8) is 0 Å². The molecule has 1 aliphatic heterocycles. The number of sulfonamides is 1. The Kier molecular flexibility index (Phi) is 6.65. The van der Waals surface area contributed by atoms with Crippen molar-refractivity contribution < 1.29 is 13.2 Å². The summed E-state index contributed by atoms with van der Waals surface area (Å²) in [7, 11) is -3.83. The molecule has 31 heavy (non-hydrogen) atoms. The summed E-state index contributed by atoms with van der Waals surface area (Å²) in [5.74, 6) is 0.536. The van der Waals surface area contributed by atoms with E-state index in [2.05, 4.69) is 10.8 Å². The number of amides is 1. The molecular formula is C24H26N2O3S2. The highest BCUT2D eigenvalue weighted by Gasteiger charge is 2.30. The molecule has 7 heteroatoms. The van der Waals surface area contributed by atoms with Crippen LogP contribution in [0.4, 0.5) is 0 Å². The lowest BCUT2D eigenvalue weighted by atomic mass is 9.99. The van der Waals surface area contributed by atoms with Crippen molar-refractivity contribution in [2.24, 2.45) is 0 Å².